The highest BCUT2D eigenvalue weighted by molar-refractivity contribution is 5.97. The zero-order chi connectivity index (χ0) is 50.8. The minimum atomic E-state index is -1.07. The van der Waals surface area contributed by atoms with Crippen LogP contribution >= 0.6 is 0 Å². The van der Waals surface area contributed by atoms with E-state index in [1.807, 2.05) is 30.3 Å². The summed E-state index contributed by atoms with van der Waals surface area (Å²) in [7, 11) is 0. The van der Waals surface area contributed by atoms with Gasteiger partial charge < -0.3 is 30.2 Å². The van der Waals surface area contributed by atoms with Gasteiger partial charge >= 0.3 is 5.97 Å². The highest BCUT2D eigenvalue weighted by Gasteiger charge is 2.32. The van der Waals surface area contributed by atoms with Crippen molar-refractivity contribution in [2.45, 2.75) is 59.4 Å². The van der Waals surface area contributed by atoms with E-state index in [1.54, 1.807) is 110 Å². The molecule has 0 aliphatic rings. The molecule has 2 amide bonds. The van der Waals surface area contributed by atoms with Crippen LogP contribution in [0.1, 0.15) is 50.8 Å². The Morgan fingerprint density at radius 3 is 1.56 bits per heavy atom. The summed E-state index contributed by atoms with van der Waals surface area (Å²) in [4.78, 5) is 55.1. The van der Waals surface area contributed by atoms with Gasteiger partial charge in [-0.1, -0.05) is 90.9 Å². The van der Waals surface area contributed by atoms with E-state index in [-0.39, 0.29) is 61.1 Å². The number of nitrogens with two attached hydrogens (primary N) is 1. The predicted octanol–water partition coefficient (Wildman–Crippen LogP) is 8.14. The van der Waals surface area contributed by atoms with E-state index >= 15 is 0 Å². The summed E-state index contributed by atoms with van der Waals surface area (Å²) in [6, 6.07) is 32.1. The number of hydrogen-bond acceptors (Lipinski definition) is 15. The number of carbonyl (C=O) groups is 3. The molecule has 0 spiro atoms. The molecule has 0 atom stereocenters. The second-order valence-electron chi connectivity index (χ2n) is 17.5. The number of rotatable bonds is 16. The number of ether oxygens (including phenoxy) is 1. The maximum absolute atomic E-state index is 14.4. The van der Waals surface area contributed by atoms with E-state index in [2.05, 4.69) is 51.1 Å². The molecule has 0 saturated carbocycles. The molecule has 0 bridgehead atoms. The Balaban J connectivity index is 0.000000200. The largest absolute Gasteiger partial charge is 0.461 e. The fourth-order valence-corrected chi connectivity index (χ4v) is 6.87. The van der Waals surface area contributed by atoms with Gasteiger partial charge in [-0.05, 0) is 55.8 Å². The second-order valence-corrected chi connectivity index (χ2v) is 17.5. The van der Waals surface area contributed by atoms with Crippen LogP contribution in [0, 0.1) is 17.0 Å². The smallest absolute Gasteiger partial charge is 0.307 e. The Bertz CT molecular complexity index is 3300. The van der Waals surface area contributed by atoms with E-state index in [9.17, 15) is 23.2 Å². The Kier molecular flexibility index (Phi) is 14.8. The minimum absolute atomic E-state index is 0.120. The number of esters is 1. The Hall–Kier alpha value is -9.11. The molecule has 19 nitrogen and oxygen atoms in total. The van der Waals surface area contributed by atoms with Gasteiger partial charge in [0.2, 0.25) is 11.8 Å². The number of nitrogens with one attached hydrogen (secondary N) is 2. The third-order valence-electron chi connectivity index (χ3n) is 10.8. The first-order valence-corrected chi connectivity index (χ1v) is 22.3. The number of carbonyl (C=O) groups excluding carboxylic acids is 3. The molecular formula is C51H47F2N13O6. The average molecular weight is 976 g/mol. The molecule has 0 fully saturated rings. The van der Waals surface area contributed by atoms with Crippen LogP contribution < -0.4 is 16.4 Å². The van der Waals surface area contributed by atoms with Gasteiger partial charge in [0.1, 0.15) is 65.2 Å². The van der Waals surface area contributed by atoms with Gasteiger partial charge in [0.25, 0.3) is 0 Å². The minimum Gasteiger partial charge on any atom is -0.461 e. The lowest BCUT2D eigenvalue weighted by Gasteiger charge is -2.22. The van der Waals surface area contributed by atoms with Gasteiger partial charge in [0.15, 0.2) is 11.6 Å². The molecule has 4 N–H and O–H groups in total. The standard InChI is InChI=1S/C30H27FN6O4.C21H20FN7O2/c1-30(2,17-27(38)40-19-20-8-4-3-5-9-20)29(39)34-26-12-14-32-28(33-26)24-16-25(23-13-15-41-36-23)37(35-24)18-21-10-6-7-11-22(21)31;1-21(2,23)20(30)26-18-7-9-24-19(25-18)16-11-17(15-8-10-31-28-15)29(27-16)12-13-5-3-4-6-14(13)22/h3-16H,17-19H2,1-2H3,(H,32,33,34,39);3-11H,12,23H2,1-2H3,(H,24,25,26,30). The Morgan fingerprint density at radius 2 is 1.10 bits per heavy atom. The van der Waals surface area contributed by atoms with E-state index in [0.717, 1.165) is 5.56 Å². The molecule has 21 heteroatoms. The second kappa shape index (κ2) is 21.7. The van der Waals surface area contributed by atoms with Crippen LogP contribution in [-0.2, 0) is 38.8 Å². The van der Waals surface area contributed by atoms with Crippen LogP contribution in [0.5, 0.6) is 0 Å². The molecule has 6 heterocycles. The van der Waals surface area contributed by atoms with Crippen molar-refractivity contribution in [3.63, 3.8) is 0 Å². The maximum Gasteiger partial charge on any atom is 0.307 e. The molecule has 366 valence electrons. The zero-order valence-corrected chi connectivity index (χ0v) is 39.4. The first kappa shape index (κ1) is 49.3. The fourth-order valence-electron chi connectivity index (χ4n) is 6.87. The van der Waals surface area contributed by atoms with E-state index in [0.29, 0.717) is 51.1 Å². The third-order valence-corrected chi connectivity index (χ3v) is 10.8. The van der Waals surface area contributed by atoms with Crippen molar-refractivity contribution < 1.29 is 36.9 Å². The summed E-state index contributed by atoms with van der Waals surface area (Å²) in [5, 5.41) is 22.5. The van der Waals surface area contributed by atoms with Crippen molar-refractivity contribution in [3.05, 3.63) is 169 Å². The number of anilines is 2. The lowest BCUT2D eigenvalue weighted by atomic mass is 9.88. The van der Waals surface area contributed by atoms with Gasteiger partial charge in [-0.15, -0.1) is 0 Å². The first-order valence-electron chi connectivity index (χ1n) is 22.3. The average Bonchev–Trinajstić information content (AvgIpc) is 4.22. The SMILES string of the molecule is CC(C)(CC(=O)OCc1ccccc1)C(=O)Nc1ccnc(-c2cc(-c3ccon3)n(Cc3ccccc3F)n2)n1.CC(C)(N)C(=O)Nc1ccnc(-c2cc(-c3ccon3)n(Cc3ccccc3F)n2)n1. The monoisotopic (exact) mass is 975 g/mol. The van der Waals surface area contributed by atoms with Crippen LogP contribution in [0.25, 0.3) is 45.8 Å². The molecule has 0 aliphatic carbocycles. The fraction of sp³-hybridized carbons (Fsp3) is 0.196. The number of nitrogens with zero attached hydrogens (tertiary/aromatic N) is 10. The Labute approximate surface area is 410 Å². The summed E-state index contributed by atoms with van der Waals surface area (Å²) in [6.45, 7) is 6.95. The molecule has 9 rings (SSSR count). The van der Waals surface area contributed by atoms with Crippen LogP contribution in [0.2, 0.25) is 0 Å². The van der Waals surface area contributed by atoms with Crippen LogP contribution in [0.4, 0.5) is 20.4 Å². The summed E-state index contributed by atoms with van der Waals surface area (Å²) in [5.41, 5.74) is 8.49. The van der Waals surface area contributed by atoms with Crippen molar-refractivity contribution in [1.29, 1.82) is 0 Å². The summed E-state index contributed by atoms with van der Waals surface area (Å²) >= 11 is 0. The summed E-state index contributed by atoms with van der Waals surface area (Å²) < 4.78 is 47.1. The van der Waals surface area contributed by atoms with Crippen LogP contribution in [0.3, 0.4) is 0 Å². The van der Waals surface area contributed by atoms with E-state index < -0.39 is 22.8 Å². The molecular weight excluding hydrogens is 929 g/mol. The van der Waals surface area contributed by atoms with E-state index in [1.165, 1.54) is 37.1 Å². The van der Waals surface area contributed by atoms with Crippen molar-refractivity contribution >= 4 is 29.4 Å². The first-order chi connectivity index (χ1) is 34.6. The molecule has 0 aliphatic heterocycles. The van der Waals surface area contributed by atoms with Crippen LogP contribution in [0.15, 0.2) is 149 Å². The van der Waals surface area contributed by atoms with Crippen LogP contribution in [-0.4, -0.2) is 73.1 Å². The molecule has 0 unspecified atom stereocenters. The molecule has 0 saturated heterocycles. The van der Waals surface area contributed by atoms with Gasteiger partial charge in [-0.2, -0.15) is 10.2 Å². The molecule has 0 radical (unpaired) electrons. The number of halogens is 2. The van der Waals surface area contributed by atoms with Gasteiger partial charge in [0, 0.05) is 35.7 Å². The molecule has 72 heavy (non-hydrogen) atoms. The number of amides is 2. The van der Waals surface area contributed by atoms with E-state index in [4.69, 9.17) is 19.5 Å². The normalized spacial score (nSPS) is 11.4. The number of aromatic nitrogens is 10. The lowest BCUT2D eigenvalue weighted by Crippen LogP contribution is -2.45. The third kappa shape index (κ3) is 12.4. The van der Waals surface area contributed by atoms with Crippen molar-refractivity contribution in [2.75, 3.05) is 10.6 Å². The summed E-state index contributed by atoms with van der Waals surface area (Å²) in [6.07, 6.45) is 5.75. The Morgan fingerprint density at radius 1 is 0.625 bits per heavy atom. The van der Waals surface area contributed by atoms with Gasteiger partial charge in [-0.25, -0.2) is 28.7 Å². The molecule has 3 aromatic carbocycles. The molecule has 9 aromatic rings. The zero-order valence-electron chi connectivity index (χ0n) is 39.4. The molecule has 6 aromatic heterocycles. The topological polar surface area (TPSA) is 250 Å². The number of benzene rings is 3. The maximum atomic E-state index is 14.4. The highest BCUT2D eigenvalue weighted by Crippen LogP contribution is 2.29. The van der Waals surface area contributed by atoms with Gasteiger partial charge in [-0.3, -0.25) is 23.7 Å². The predicted molar refractivity (Wildman–Crippen MR) is 259 cm³/mol. The van der Waals surface area contributed by atoms with Gasteiger partial charge in [0.05, 0.1) is 41.9 Å². The van der Waals surface area contributed by atoms with Crippen molar-refractivity contribution in [1.82, 2.24) is 49.8 Å². The highest BCUT2D eigenvalue weighted by atomic mass is 19.1. The van der Waals surface area contributed by atoms with Crippen molar-refractivity contribution in [3.8, 4) is 45.8 Å². The number of hydrogen-bond donors (Lipinski definition) is 3. The summed E-state index contributed by atoms with van der Waals surface area (Å²) in [5.74, 6) is -0.933. The lowest BCUT2D eigenvalue weighted by molar-refractivity contribution is -0.149. The quantitative estimate of drug-likeness (QED) is 0.0773. The van der Waals surface area contributed by atoms with Crippen molar-refractivity contribution in [2.24, 2.45) is 11.1 Å².